The lowest BCUT2D eigenvalue weighted by molar-refractivity contribution is -0.296. The summed E-state index contributed by atoms with van der Waals surface area (Å²) in [6.45, 7) is 14.1. The van der Waals surface area contributed by atoms with Gasteiger partial charge < -0.3 is 44.3 Å². The number of aliphatic hydroxyl groups excluding tert-OH is 3. The Morgan fingerprint density at radius 2 is 1.76 bits per heavy atom. The van der Waals surface area contributed by atoms with Crippen LogP contribution in [0.1, 0.15) is 81.1 Å². The smallest absolute Gasteiger partial charge is 0.311 e. The average Bonchev–Trinajstić information content (AvgIpc) is 2.87. The Kier molecular flexibility index (Phi) is 13.6. The zero-order valence-electron chi connectivity index (χ0n) is 25.4. The fraction of sp³-hybridized carbons (Fsp3) is 0.964. The Hall–Kier alpha value is -0.850. The van der Waals surface area contributed by atoms with Gasteiger partial charge in [0.15, 0.2) is 6.29 Å². The van der Waals surface area contributed by atoms with Crippen molar-refractivity contribution in [3.63, 3.8) is 0 Å². The number of rotatable bonds is 15. The second kappa shape index (κ2) is 14.7. The first-order chi connectivity index (χ1) is 17.5. The number of hydrogen-bond acceptors (Lipinski definition) is 10. The molecule has 38 heavy (non-hydrogen) atoms. The molecule has 1 aliphatic heterocycles. The lowest BCUT2D eigenvalue weighted by Crippen LogP contribution is -2.59. The van der Waals surface area contributed by atoms with E-state index >= 15 is 0 Å². The van der Waals surface area contributed by atoms with E-state index in [1.807, 2.05) is 13.8 Å². The maximum atomic E-state index is 13.4. The molecule has 10 heteroatoms. The molecule has 0 spiro atoms. The number of nitrogens with zero attached hydrogens (tertiary/aromatic N) is 1. The molecular weight excluding hydrogens is 494 g/mol. The number of esters is 1. The van der Waals surface area contributed by atoms with Crippen molar-refractivity contribution in [3.05, 3.63) is 0 Å². The highest BCUT2D eigenvalue weighted by Crippen LogP contribution is 2.35. The molecule has 1 rings (SSSR count). The molecule has 10 nitrogen and oxygen atoms in total. The van der Waals surface area contributed by atoms with Crippen molar-refractivity contribution in [1.29, 1.82) is 0 Å². The lowest BCUT2D eigenvalue weighted by atomic mass is 9.84. The van der Waals surface area contributed by atoms with Crippen molar-refractivity contribution in [2.24, 2.45) is 11.8 Å². The van der Waals surface area contributed by atoms with Crippen molar-refractivity contribution in [2.45, 2.75) is 141 Å². The second-order valence-corrected chi connectivity index (χ2v) is 11.7. The van der Waals surface area contributed by atoms with Gasteiger partial charge >= 0.3 is 5.97 Å². The van der Waals surface area contributed by atoms with Gasteiger partial charge in [0.05, 0.1) is 29.8 Å². The van der Waals surface area contributed by atoms with Crippen LogP contribution in [-0.2, 0) is 23.7 Å². The molecule has 0 bridgehead atoms. The van der Waals surface area contributed by atoms with E-state index < -0.39 is 66.0 Å². The third-order valence-corrected chi connectivity index (χ3v) is 8.67. The molecule has 0 radical (unpaired) electrons. The minimum absolute atomic E-state index is 0.180. The SMILES string of the molecule is CCC(O)CC(C)C(OC1CC(C)(OC)C(O)C(C)O1)C(C)C(=O)OC(C)C(O)(CC)C(O)C(C)N(C)C. The highest BCUT2D eigenvalue weighted by Gasteiger charge is 2.48. The summed E-state index contributed by atoms with van der Waals surface area (Å²) in [6.07, 6.45) is -4.18. The third kappa shape index (κ3) is 8.33. The molecule has 1 aliphatic rings. The molecule has 0 aromatic carbocycles. The van der Waals surface area contributed by atoms with E-state index in [-0.39, 0.29) is 24.8 Å². The van der Waals surface area contributed by atoms with Crippen LogP contribution in [0.15, 0.2) is 0 Å². The van der Waals surface area contributed by atoms with Gasteiger partial charge in [-0.05, 0) is 73.9 Å². The molecule has 1 fully saturated rings. The predicted octanol–water partition coefficient (Wildman–Crippen LogP) is 2.09. The molecule has 4 N–H and O–H groups in total. The summed E-state index contributed by atoms with van der Waals surface area (Å²) >= 11 is 0. The van der Waals surface area contributed by atoms with Gasteiger partial charge in [0.1, 0.15) is 23.9 Å². The number of aliphatic hydroxyl groups is 4. The zero-order chi connectivity index (χ0) is 29.6. The molecule has 0 aliphatic carbocycles. The van der Waals surface area contributed by atoms with Crippen LogP contribution in [0.5, 0.6) is 0 Å². The molecule has 12 atom stereocenters. The second-order valence-electron chi connectivity index (χ2n) is 11.7. The van der Waals surface area contributed by atoms with Crippen LogP contribution in [-0.4, -0.2) is 113 Å². The Labute approximate surface area is 229 Å². The summed E-state index contributed by atoms with van der Waals surface area (Å²) < 4.78 is 23.6. The summed E-state index contributed by atoms with van der Waals surface area (Å²) in [5.41, 5.74) is -2.55. The number of hydrogen-bond donors (Lipinski definition) is 4. The third-order valence-electron chi connectivity index (χ3n) is 8.67. The van der Waals surface area contributed by atoms with Crippen LogP contribution in [0.25, 0.3) is 0 Å². The van der Waals surface area contributed by atoms with Crippen LogP contribution in [0, 0.1) is 11.8 Å². The maximum Gasteiger partial charge on any atom is 0.311 e. The predicted molar refractivity (Wildman–Crippen MR) is 144 cm³/mol. The molecule has 0 aromatic heterocycles. The minimum Gasteiger partial charge on any atom is -0.459 e. The van der Waals surface area contributed by atoms with Crippen LogP contribution in [0.3, 0.4) is 0 Å². The Bertz CT molecular complexity index is 724. The normalized spacial score (nSPS) is 31.5. The van der Waals surface area contributed by atoms with E-state index in [2.05, 4.69) is 0 Å². The molecule has 1 heterocycles. The molecule has 0 aromatic rings. The minimum atomic E-state index is -1.65. The van der Waals surface area contributed by atoms with Crippen LogP contribution >= 0.6 is 0 Å². The van der Waals surface area contributed by atoms with Gasteiger partial charge in [-0.25, -0.2) is 0 Å². The van der Waals surface area contributed by atoms with E-state index in [0.29, 0.717) is 12.8 Å². The van der Waals surface area contributed by atoms with Crippen molar-refractivity contribution in [1.82, 2.24) is 4.90 Å². The summed E-state index contributed by atoms with van der Waals surface area (Å²) in [5.74, 6) is -1.61. The number of ether oxygens (including phenoxy) is 4. The summed E-state index contributed by atoms with van der Waals surface area (Å²) in [4.78, 5) is 15.2. The van der Waals surface area contributed by atoms with Crippen LogP contribution in [0.2, 0.25) is 0 Å². The van der Waals surface area contributed by atoms with E-state index in [1.165, 1.54) is 7.11 Å². The largest absolute Gasteiger partial charge is 0.459 e. The molecule has 226 valence electrons. The number of carbonyl (C=O) groups excluding carboxylic acids is 1. The Balaban J connectivity index is 3.16. The van der Waals surface area contributed by atoms with Crippen molar-refractivity contribution < 1.29 is 44.2 Å². The number of likely N-dealkylation sites (N-methyl/N-ethyl adjacent to an activating group) is 1. The van der Waals surface area contributed by atoms with Gasteiger partial charge in [0, 0.05) is 19.6 Å². The number of methoxy groups -OCH3 is 1. The molecule has 1 saturated heterocycles. The molecular formula is C28H55NO9. The van der Waals surface area contributed by atoms with Crippen molar-refractivity contribution in [3.8, 4) is 0 Å². The highest BCUT2D eigenvalue weighted by molar-refractivity contribution is 5.73. The van der Waals surface area contributed by atoms with Crippen molar-refractivity contribution >= 4 is 5.97 Å². The van der Waals surface area contributed by atoms with Gasteiger partial charge in [0.25, 0.3) is 0 Å². The topological polar surface area (TPSA) is 138 Å². The van der Waals surface area contributed by atoms with Crippen LogP contribution in [0.4, 0.5) is 0 Å². The quantitative estimate of drug-likeness (QED) is 0.225. The first kappa shape index (κ1) is 35.2. The monoisotopic (exact) mass is 549 g/mol. The average molecular weight is 550 g/mol. The van der Waals surface area contributed by atoms with Gasteiger partial charge in [-0.1, -0.05) is 20.8 Å². The highest BCUT2D eigenvalue weighted by atomic mass is 16.7. The zero-order valence-corrected chi connectivity index (χ0v) is 25.4. The Morgan fingerprint density at radius 3 is 2.24 bits per heavy atom. The first-order valence-corrected chi connectivity index (χ1v) is 14.0. The first-order valence-electron chi connectivity index (χ1n) is 14.0. The summed E-state index contributed by atoms with van der Waals surface area (Å²) in [5, 5.41) is 43.1. The fourth-order valence-electron chi connectivity index (χ4n) is 5.20. The van der Waals surface area contributed by atoms with E-state index in [9.17, 15) is 25.2 Å². The molecule has 0 saturated carbocycles. The van der Waals surface area contributed by atoms with E-state index in [4.69, 9.17) is 18.9 Å². The van der Waals surface area contributed by atoms with Crippen LogP contribution < -0.4 is 0 Å². The van der Waals surface area contributed by atoms with E-state index in [0.717, 1.165) is 0 Å². The fourth-order valence-corrected chi connectivity index (χ4v) is 5.20. The standard InChI is InChI=1S/C28H55NO9/c1-12-21(30)14-16(3)23(38-22-15-27(8,35-11)25(32)19(6)36-22)17(4)26(33)37-20(7)28(34,13-2)24(31)18(5)29(9)10/h16-25,30-32,34H,12-15H2,1-11H3. The maximum absolute atomic E-state index is 13.4. The van der Waals surface area contributed by atoms with Gasteiger partial charge in [-0.3, -0.25) is 4.79 Å². The molecule has 0 amide bonds. The van der Waals surface area contributed by atoms with Gasteiger partial charge in [0.2, 0.25) is 0 Å². The summed E-state index contributed by atoms with van der Waals surface area (Å²) in [7, 11) is 5.13. The number of carbonyl (C=O) groups is 1. The van der Waals surface area contributed by atoms with Crippen molar-refractivity contribution in [2.75, 3.05) is 21.2 Å². The van der Waals surface area contributed by atoms with Gasteiger partial charge in [-0.2, -0.15) is 0 Å². The molecule has 12 unspecified atom stereocenters. The van der Waals surface area contributed by atoms with E-state index in [1.54, 1.807) is 60.5 Å². The van der Waals surface area contributed by atoms with Gasteiger partial charge in [-0.15, -0.1) is 0 Å². The summed E-state index contributed by atoms with van der Waals surface area (Å²) in [6, 6.07) is -0.374. The lowest BCUT2D eigenvalue weighted by Gasteiger charge is -2.46. The Morgan fingerprint density at radius 1 is 1.18 bits per heavy atom.